The fourth-order valence-electron chi connectivity index (χ4n) is 2.32. The zero-order valence-electron chi connectivity index (χ0n) is 12.1. The Bertz CT molecular complexity index is 478. The van der Waals surface area contributed by atoms with Gasteiger partial charge in [0.15, 0.2) is 0 Å². The molecule has 1 amide bonds. The number of aliphatic hydroxyl groups excluding tert-OH is 1. The summed E-state index contributed by atoms with van der Waals surface area (Å²) in [5, 5.41) is 9.26. The second kappa shape index (κ2) is 6.19. The normalized spacial score (nSPS) is 22.7. The van der Waals surface area contributed by atoms with E-state index < -0.39 is 0 Å². The van der Waals surface area contributed by atoms with E-state index in [9.17, 15) is 9.90 Å². The Labute approximate surface area is 119 Å². The fraction of sp³-hybridized carbons (Fsp3) is 0.571. The lowest BCUT2D eigenvalue weighted by Crippen LogP contribution is -2.48. The molecule has 1 aromatic rings. The van der Waals surface area contributed by atoms with E-state index in [0.717, 1.165) is 12.2 Å². The third kappa shape index (κ3) is 3.26. The molecule has 1 fully saturated rings. The van der Waals surface area contributed by atoms with E-state index in [1.807, 2.05) is 13.0 Å². The van der Waals surface area contributed by atoms with Crippen molar-refractivity contribution in [1.82, 2.24) is 9.88 Å². The molecule has 0 aromatic carbocycles. The van der Waals surface area contributed by atoms with Crippen molar-refractivity contribution in [1.29, 1.82) is 0 Å². The van der Waals surface area contributed by atoms with Gasteiger partial charge in [0, 0.05) is 39.1 Å². The van der Waals surface area contributed by atoms with Crippen LogP contribution in [0.25, 0.3) is 0 Å². The Hall–Kier alpha value is -1.66. The first kappa shape index (κ1) is 14.7. The molecule has 6 heteroatoms. The van der Waals surface area contributed by atoms with Crippen LogP contribution in [0.15, 0.2) is 18.3 Å². The van der Waals surface area contributed by atoms with Crippen LogP contribution in [0.2, 0.25) is 0 Å². The fourth-order valence-corrected chi connectivity index (χ4v) is 2.32. The Morgan fingerprint density at radius 2 is 2.30 bits per heavy atom. The van der Waals surface area contributed by atoms with Crippen LogP contribution in [0.5, 0.6) is 0 Å². The van der Waals surface area contributed by atoms with Crippen molar-refractivity contribution in [2.45, 2.75) is 19.1 Å². The van der Waals surface area contributed by atoms with E-state index in [2.05, 4.69) is 9.88 Å². The largest absolute Gasteiger partial charge is 0.394 e. The molecule has 2 heterocycles. The topological polar surface area (TPSA) is 65.9 Å². The molecule has 1 saturated heterocycles. The van der Waals surface area contributed by atoms with Gasteiger partial charge in [-0.3, -0.25) is 9.78 Å². The van der Waals surface area contributed by atoms with Crippen molar-refractivity contribution >= 4 is 11.6 Å². The third-order valence-electron chi connectivity index (χ3n) is 3.26. The van der Waals surface area contributed by atoms with Crippen LogP contribution in [-0.2, 0) is 4.74 Å². The number of ether oxygens (including phenoxy) is 1. The summed E-state index contributed by atoms with van der Waals surface area (Å²) in [6.07, 6.45) is 1.49. The maximum atomic E-state index is 11.9. The van der Waals surface area contributed by atoms with Crippen LogP contribution in [0.3, 0.4) is 0 Å². The first-order valence-electron chi connectivity index (χ1n) is 6.70. The highest BCUT2D eigenvalue weighted by Gasteiger charge is 2.25. The van der Waals surface area contributed by atoms with E-state index in [1.54, 1.807) is 26.4 Å². The number of pyridine rings is 1. The molecule has 0 spiro atoms. The zero-order chi connectivity index (χ0) is 14.7. The van der Waals surface area contributed by atoms with E-state index >= 15 is 0 Å². The molecule has 1 aliphatic heterocycles. The Morgan fingerprint density at radius 1 is 1.55 bits per heavy atom. The highest BCUT2D eigenvalue weighted by Crippen LogP contribution is 2.20. The minimum Gasteiger partial charge on any atom is -0.394 e. The third-order valence-corrected chi connectivity index (χ3v) is 3.26. The number of morpholine rings is 1. The first-order chi connectivity index (χ1) is 9.51. The van der Waals surface area contributed by atoms with Gasteiger partial charge in [0.05, 0.1) is 18.8 Å². The summed E-state index contributed by atoms with van der Waals surface area (Å²) in [7, 11) is 3.41. The summed E-state index contributed by atoms with van der Waals surface area (Å²) in [6.45, 7) is 3.31. The first-order valence-corrected chi connectivity index (χ1v) is 6.70. The Kier molecular flexibility index (Phi) is 4.57. The molecule has 0 radical (unpaired) electrons. The van der Waals surface area contributed by atoms with Crippen molar-refractivity contribution in [2.24, 2.45) is 0 Å². The van der Waals surface area contributed by atoms with Gasteiger partial charge in [-0.05, 0) is 19.1 Å². The van der Waals surface area contributed by atoms with E-state index in [-0.39, 0.29) is 24.7 Å². The minimum atomic E-state index is -0.195. The lowest BCUT2D eigenvalue weighted by molar-refractivity contribution is -0.0421. The van der Waals surface area contributed by atoms with Gasteiger partial charge >= 0.3 is 0 Å². The molecular weight excluding hydrogens is 258 g/mol. The van der Waals surface area contributed by atoms with E-state index in [1.165, 1.54) is 4.90 Å². The molecule has 0 bridgehead atoms. The van der Waals surface area contributed by atoms with Crippen molar-refractivity contribution in [2.75, 3.05) is 38.7 Å². The number of anilines is 1. The predicted octanol–water partition coefficient (Wildman–Crippen LogP) is 0.369. The molecule has 6 nitrogen and oxygen atoms in total. The lowest BCUT2D eigenvalue weighted by Gasteiger charge is -2.37. The van der Waals surface area contributed by atoms with Gasteiger partial charge in [-0.15, -0.1) is 0 Å². The summed E-state index contributed by atoms with van der Waals surface area (Å²) in [6, 6.07) is 3.66. The molecule has 110 valence electrons. The molecule has 2 unspecified atom stereocenters. The van der Waals surface area contributed by atoms with Crippen molar-refractivity contribution in [3.05, 3.63) is 24.0 Å². The summed E-state index contributed by atoms with van der Waals surface area (Å²) < 4.78 is 5.62. The maximum Gasteiger partial charge on any atom is 0.272 e. The Balaban J connectivity index is 2.20. The van der Waals surface area contributed by atoms with Gasteiger partial charge in [-0.1, -0.05) is 0 Å². The smallest absolute Gasteiger partial charge is 0.272 e. The van der Waals surface area contributed by atoms with Gasteiger partial charge in [-0.2, -0.15) is 0 Å². The lowest BCUT2D eigenvalue weighted by atomic mass is 10.2. The monoisotopic (exact) mass is 279 g/mol. The number of nitrogens with zero attached hydrogens (tertiary/aromatic N) is 3. The van der Waals surface area contributed by atoms with Gasteiger partial charge in [-0.25, -0.2) is 0 Å². The van der Waals surface area contributed by atoms with Crippen LogP contribution in [0, 0.1) is 0 Å². The summed E-state index contributed by atoms with van der Waals surface area (Å²) in [5.74, 6) is -0.119. The molecule has 2 rings (SSSR count). The molecule has 1 aromatic heterocycles. The number of hydrogen-bond acceptors (Lipinski definition) is 5. The van der Waals surface area contributed by atoms with Crippen LogP contribution in [0.1, 0.15) is 17.4 Å². The molecule has 0 aliphatic carbocycles. The zero-order valence-corrected chi connectivity index (χ0v) is 12.1. The highest BCUT2D eigenvalue weighted by atomic mass is 16.5. The van der Waals surface area contributed by atoms with Crippen molar-refractivity contribution in [3.63, 3.8) is 0 Å². The summed E-state index contributed by atoms with van der Waals surface area (Å²) >= 11 is 0. The molecule has 1 aliphatic rings. The van der Waals surface area contributed by atoms with E-state index in [4.69, 9.17) is 4.74 Å². The van der Waals surface area contributed by atoms with Gasteiger partial charge in [0.25, 0.3) is 5.91 Å². The number of aromatic nitrogens is 1. The predicted molar refractivity (Wildman–Crippen MR) is 75.9 cm³/mol. The number of aliphatic hydroxyl groups is 1. The minimum absolute atomic E-state index is 0.00455. The van der Waals surface area contributed by atoms with Crippen LogP contribution in [0.4, 0.5) is 5.69 Å². The van der Waals surface area contributed by atoms with Gasteiger partial charge < -0.3 is 19.6 Å². The van der Waals surface area contributed by atoms with Gasteiger partial charge in [0.1, 0.15) is 5.69 Å². The number of amides is 1. The summed E-state index contributed by atoms with van der Waals surface area (Å²) in [4.78, 5) is 19.7. The molecule has 20 heavy (non-hydrogen) atoms. The van der Waals surface area contributed by atoms with Crippen LogP contribution in [-0.4, -0.2) is 66.9 Å². The summed E-state index contributed by atoms with van der Waals surface area (Å²) in [5.41, 5.74) is 1.35. The number of carbonyl (C=O) groups excluding carboxylic acids is 1. The quantitative estimate of drug-likeness (QED) is 0.866. The van der Waals surface area contributed by atoms with E-state index in [0.29, 0.717) is 12.2 Å². The second-order valence-corrected chi connectivity index (χ2v) is 5.26. The number of hydrogen-bond donors (Lipinski definition) is 1. The second-order valence-electron chi connectivity index (χ2n) is 5.26. The highest BCUT2D eigenvalue weighted by molar-refractivity contribution is 5.92. The number of carbonyl (C=O) groups is 1. The average Bonchev–Trinajstić information content (AvgIpc) is 2.45. The van der Waals surface area contributed by atoms with Crippen LogP contribution < -0.4 is 4.90 Å². The number of rotatable bonds is 3. The maximum absolute atomic E-state index is 11.9. The molecule has 0 saturated carbocycles. The van der Waals surface area contributed by atoms with Crippen molar-refractivity contribution in [3.8, 4) is 0 Å². The SMILES string of the molecule is CC1CN(c2ccnc(C(=O)N(C)C)c2)CC(CO)O1. The molecule has 2 atom stereocenters. The molecule has 1 N–H and O–H groups in total. The van der Waals surface area contributed by atoms with Crippen LogP contribution >= 0.6 is 0 Å². The van der Waals surface area contributed by atoms with Gasteiger partial charge in [0.2, 0.25) is 0 Å². The molecular formula is C14H21N3O3. The van der Waals surface area contributed by atoms with Crippen molar-refractivity contribution < 1.29 is 14.6 Å². The Morgan fingerprint density at radius 3 is 2.95 bits per heavy atom. The standard InChI is InChI=1S/C14H21N3O3/c1-10-7-17(8-12(9-18)20-10)11-4-5-15-13(6-11)14(19)16(2)3/h4-6,10,12,18H,7-9H2,1-3H3. The average molecular weight is 279 g/mol.